The third-order valence-corrected chi connectivity index (χ3v) is 3.88. The SMILES string of the molecule is CC(N)C1(c2c(F)ccc(Br)c2O)CC1. The van der Waals surface area contributed by atoms with Crippen LogP contribution in [0, 0.1) is 5.82 Å². The number of halogens is 2. The van der Waals surface area contributed by atoms with Gasteiger partial charge in [0.05, 0.1) is 4.47 Å². The number of phenols is 1. The van der Waals surface area contributed by atoms with E-state index in [-0.39, 0.29) is 23.0 Å². The van der Waals surface area contributed by atoms with Crippen LogP contribution >= 0.6 is 15.9 Å². The van der Waals surface area contributed by atoms with Gasteiger partial charge in [-0.2, -0.15) is 0 Å². The lowest BCUT2D eigenvalue weighted by Crippen LogP contribution is -2.32. The van der Waals surface area contributed by atoms with Crippen molar-refractivity contribution in [1.82, 2.24) is 0 Å². The maximum atomic E-state index is 13.7. The van der Waals surface area contributed by atoms with E-state index in [1.165, 1.54) is 12.1 Å². The fourth-order valence-corrected chi connectivity index (χ4v) is 2.41. The van der Waals surface area contributed by atoms with Gasteiger partial charge >= 0.3 is 0 Å². The normalized spacial score (nSPS) is 20.0. The van der Waals surface area contributed by atoms with Crippen molar-refractivity contribution in [3.8, 4) is 5.75 Å². The zero-order valence-electron chi connectivity index (χ0n) is 8.43. The van der Waals surface area contributed by atoms with E-state index in [1.54, 1.807) is 0 Å². The zero-order chi connectivity index (χ0) is 11.2. The quantitative estimate of drug-likeness (QED) is 0.871. The number of phenolic OH excluding ortho intramolecular Hbond substituents is 1. The first-order valence-electron chi connectivity index (χ1n) is 4.92. The van der Waals surface area contributed by atoms with E-state index < -0.39 is 0 Å². The molecule has 1 aliphatic rings. The van der Waals surface area contributed by atoms with E-state index >= 15 is 0 Å². The third kappa shape index (κ3) is 1.56. The summed E-state index contributed by atoms with van der Waals surface area (Å²) in [5.41, 5.74) is 5.86. The van der Waals surface area contributed by atoms with Crippen molar-refractivity contribution in [1.29, 1.82) is 0 Å². The summed E-state index contributed by atoms with van der Waals surface area (Å²) in [4.78, 5) is 0. The molecule has 0 radical (unpaired) electrons. The first-order valence-corrected chi connectivity index (χ1v) is 5.71. The second-order valence-corrected chi connectivity index (χ2v) is 5.05. The summed E-state index contributed by atoms with van der Waals surface area (Å²) in [7, 11) is 0. The maximum Gasteiger partial charge on any atom is 0.136 e. The van der Waals surface area contributed by atoms with Crippen molar-refractivity contribution in [2.45, 2.75) is 31.2 Å². The fourth-order valence-electron chi connectivity index (χ4n) is 2.08. The van der Waals surface area contributed by atoms with Crippen LogP contribution in [0.4, 0.5) is 4.39 Å². The van der Waals surface area contributed by atoms with Gasteiger partial charge in [0.25, 0.3) is 0 Å². The largest absolute Gasteiger partial charge is 0.506 e. The molecule has 0 heterocycles. The number of hydrogen-bond donors (Lipinski definition) is 2. The van der Waals surface area contributed by atoms with Crippen LogP contribution in [-0.4, -0.2) is 11.1 Å². The van der Waals surface area contributed by atoms with Crippen molar-refractivity contribution in [2.24, 2.45) is 5.73 Å². The molecule has 1 unspecified atom stereocenters. The van der Waals surface area contributed by atoms with E-state index in [0.29, 0.717) is 10.0 Å². The van der Waals surface area contributed by atoms with Gasteiger partial charge in [-0.3, -0.25) is 0 Å². The van der Waals surface area contributed by atoms with Crippen molar-refractivity contribution < 1.29 is 9.50 Å². The van der Waals surface area contributed by atoms with Gasteiger partial charge in [0.2, 0.25) is 0 Å². The Morgan fingerprint density at radius 2 is 2.13 bits per heavy atom. The van der Waals surface area contributed by atoms with Crippen LogP contribution in [0.2, 0.25) is 0 Å². The molecule has 3 N–H and O–H groups in total. The zero-order valence-corrected chi connectivity index (χ0v) is 10.0. The van der Waals surface area contributed by atoms with Crippen molar-refractivity contribution in [3.63, 3.8) is 0 Å². The number of hydrogen-bond acceptors (Lipinski definition) is 2. The van der Waals surface area contributed by atoms with Crippen molar-refractivity contribution >= 4 is 15.9 Å². The van der Waals surface area contributed by atoms with Gasteiger partial charge in [-0.25, -0.2) is 4.39 Å². The molecule has 2 nitrogen and oxygen atoms in total. The topological polar surface area (TPSA) is 46.2 Å². The van der Waals surface area contributed by atoms with E-state index in [4.69, 9.17) is 5.73 Å². The molecule has 0 saturated heterocycles. The highest BCUT2D eigenvalue weighted by Gasteiger charge is 2.50. The molecule has 0 aliphatic heterocycles. The molecule has 0 aromatic heterocycles. The van der Waals surface area contributed by atoms with Crippen molar-refractivity contribution in [3.05, 3.63) is 28.0 Å². The molecule has 2 rings (SSSR count). The van der Waals surface area contributed by atoms with Crippen molar-refractivity contribution in [2.75, 3.05) is 0 Å². The molecule has 1 atom stereocenters. The monoisotopic (exact) mass is 273 g/mol. The highest BCUT2D eigenvalue weighted by atomic mass is 79.9. The Bertz CT molecular complexity index is 402. The molecule has 1 aliphatic carbocycles. The number of rotatable bonds is 2. The number of aromatic hydroxyl groups is 1. The summed E-state index contributed by atoms with van der Waals surface area (Å²) in [5.74, 6) is -0.379. The van der Waals surface area contributed by atoms with E-state index in [1.807, 2.05) is 6.92 Å². The minimum Gasteiger partial charge on any atom is -0.506 e. The number of nitrogens with two attached hydrogens (primary N) is 1. The van der Waals surface area contributed by atoms with Crippen LogP contribution in [-0.2, 0) is 5.41 Å². The lowest BCUT2D eigenvalue weighted by atomic mass is 9.88. The van der Waals surface area contributed by atoms with Gasteiger partial charge < -0.3 is 10.8 Å². The van der Waals surface area contributed by atoms with Gasteiger partial charge in [0.15, 0.2) is 0 Å². The van der Waals surface area contributed by atoms with E-state index in [9.17, 15) is 9.50 Å². The Kier molecular flexibility index (Phi) is 2.51. The smallest absolute Gasteiger partial charge is 0.136 e. The Hall–Kier alpha value is -0.610. The molecule has 0 spiro atoms. The molecule has 15 heavy (non-hydrogen) atoms. The standard InChI is InChI=1S/C11H13BrFNO/c1-6(14)11(4-5-11)9-8(13)3-2-7(12)10(9)15/h2-3,6,15H,4-5,14H2,1H3. The predicted octanol–water partition coefficient (Wildman–Crippen LogP) is 2.67. The summed E-state index contributed by atoms with van der Waals surface area (Å²) in [5, 5.41) is 9.86. The van der Waals surface area contributed by atoms with Gasteiger partial charge in [-0.05, 0) is 47.8 Å². The van der Waals surface area contributed by atoms with E-state index in [2.05, 4.69) is 15.9 Å². The minimum atomic E-state index is -0.370. The molecule has 0 amide bonds. The minimum absolute atomic E-state index is 0.00944. The molecule has 82 valence electrons. The molecule has 1 saturated carbocycles. The Balaban J connectivity index is 2.57. The Morgan fingerprint density at radius 3 is 2.60 bits per heavy atom. The van der Waals surface area contributed by atoms with Gasteiger partial charge in [0, 0.05) is 17.0 Å². The second-order valence-electron chi connectivity index (χ2n) is 4.20. The lowest BCUT2D eigenvalue weighted by molar-refractivity contribution is 0.427. The molecule has 0 bridgehead atoms. The first kappa shape index (κ1) is 10.9. The predicted molar refractivity (Wildman–Crippen MR) is 60.3 cm³/mol. The van der Waals surface area contributed by atoms with Crippen LogP contribution in [0.25, 0.3) is 0 Å². The summed E-state index contributed by atoms with van der Waals surface area (Å²) in [6.07, 6.45) is 1.68. The highest BCUT2D eigenvalue weighted by Crippen LogP contribution is 2.54. The summed E-state index contributed by atoms with van der Waals surface area (Å²) >= 11 is 3.19. The second kappa shape index (κ2) is 3.46. The van der Waals surface area contributed by atoms with Crippen LogP contribution in [0.5, 0.6) is 5.75 Å². The number of benzene rings is 1. The maximum absolute atomic E-state index is 13.7. The third-order valence-electron chi connectivity index (χ3n) is 3.24. The molecular formula is C11H13BrFNO. The van der Waals surface area contributed by atoms with Crippen LogP contribution < -0.4 is 5.73 Å². The van der Waals surface area contributed by atoms with Gasteiger partial charge in [0.1, 0.15) is 11.6 Å². The van der Waals surface area contributed by atoms with Gasteiger partial charge in [-0.15, -0.1) is 0 Å². The Morgan fingerprint density at radius 1 is 1.53 bits per heavy atom. The highest BCUT2D eigenvalue weighted by molar-refractivity contribution is 9.10. The van der Waals surface area contributed by atoms with Crippen LogP contribution in [0.15, 0.2) is 16.6 Å². The van der Waals surface area contributed by atoms with Gasteiger partial charge in [-0.1, -0.05) is 0 Å². The molecule has 1 aromatic carbocycles. The van der Waals surface area contributed by atoms with Crippen LogP contribution in [0.1, 0.15) is 25.3 Å². The molecule has 1 aromatic rings. The average Bonchev–Trinajstić information content (AvgIpc) is 2.93. The van der Waals surface area contributed by atoms with E-state index in [0.717, 1.165) is 12.8 Å². The summed E-state index contributed by atoms with van der Waals surface area (Å²) < 4.78 is 14.2. The summed E-state index contributed by atoms with van der Waals surface area (Å²) in [6, 6.07) is 2.72. The fraction of sp³-hybridized carbons (Fsp3) is 0.455. The molecule has 1 fully saturated rings. The van der Waals surface area contributed by atoms with Crippen LogP contribution in [0.3, 0.4) is 0 Å². The summed E-state index contributed by atoms with van der Waals surface area (Å²) in [6.45, 7) is 1.85. The Labute approximate surface area is 96.4 Å². The first-order chi connectivity index (χ1) is 6.99. The molecule has 4 heteroatoms. The lowest BCUT2D eigenvalue weighted by Gasteiger charge is -2.22. The molecular weight excluding hydrogens is 261 g/mol. The average molecular weight is 274 g/mol.